The summed E-state index contributed by atoms with van der Waals surface area (Å²) >= 11 is 0. The van der Waals surface area contributed by atoms with E-state index in [9.17, 15) is 9.90 Å². The number of fused-ring (bicyclic) bond motifs is 4. The van der Waals surface area contributed by atoms with Gasteiger partial charge in [0.1, 0.15) is 5.60 Å². The lowest BCUT2D eigenvalue weighted by atomic mass is 9.73. The van der Waals surface area contributed by atoms with E-state index in [0.717, 1.165) is 45.3 Å². The van der Waals surface area contributed by atoms with Crippen molar-refractivity contribution in [1.29, 1.82) is 0 Å². The summed E-state index contributed by atoms with van der Waals surface area (Å²) in [5, 5.41) is 11.0. The smallest absolute Gasteiger partial charge is 0.254 e. The molecule has 1 N–H and O–H groups in total. The first-order valence-electron chi connectivity index (χ1n) is 11.9. The number of hydrogen-bond donors (Lipinski definition) is 1. The van der Waals surface area contributed by atoms with E-state index in [2.05, 4.69) is 40.1 Å². The third kappa shape index (κ3) is 3.86. The lowest BCUT2D eigenvalue weighted by Gasteiger charge is -2.56. The summed E-state index contributed by atoms with van der Waals surface area (Å²) in [6.45, 7) is 2.83. The van der Waals surface area contributed by atoms with Gasteiger partial charge in [-0.25, -0.2) is 0 Å². The van der Waals surface area contributed by atoms with Crippen molar-refractivity contribution >= 4 is 5.91 Å². The normalized spacial score (nSPS) is 34.4. The maximum Gasteiger partial charge on any atom is 0.254 e. The molecule has 2 bridgehead atoms. The maximum atomic E-state index is 13.2. The average Bonchev–Trinajstić information content (AvgIpc) is 2.75. The molecule has 5 rings (SSSR count). The van der Waals surface area contributed by atoms with E-state index in [1.54, 1.807) is 0 Å². The van der Waals surface area contributed by atoms with Gasteiger partial charge in [-0.15, -0.1) is 0 Å². The Hall–Kier alpha value is -1.39. The fourth-order valence-corrected chi connectivity index (χ4v) is 6.83. The molecule has 4 atom stereocenters. The van der Waals surface area contributed by atoms with Crippen molar-refractivity contribution in [2.75, 3.05) is 19.6 Å². The molecule has 1 amide bonds. The third-order valence-electron chi connectivity index (χ3n) is 8.20. The number of hydrogen-bond acceptors (Lipinski definition) is 3. The van der Waals surface area contributed by atoms with Crippen molar-refractivity contribution in [2.45, 2.75) is 81.9 Å². The van der Waals surface area contributed by atoms with Crippen LogP contribution in [0.15, 0.2) is 30.3 Å². The van der Waals surface area contributed by atoms with E-state index in [1.165, 1.54) is 31.2 Å². The Morgan fingerprint density at radius 1 is 1.00 bits per heavy atom. The zero-order chi connectivity index (χ0) is 19.8. The summed E-state index contributed by atoms with van der Waals surface area (Å²) in [7, 11) is 0. The molecule has 4 fully saturated rings. The van der Waals surface area contributed by atoms with Crippen molar-refractivity contribution in [2.24, 2.45) is 11.8 Å². The Bertz CT molecular complexity index is 715. The highest BCUT2D eigenvalue weighted by atomic mass is 16.3. The van der Waals surface area contributed by atoms with Crippen LogP contribution in [0, 0.1) is 11.8 Å². The Morgan fingerprint density at radius 2 is 1.79 bits per heavy atom. The molecular formula is C25H36N2O2. The van der Waals surface area contributed by atoms with Crippen LogP contribution in [-0.2, 0) is 11.2 Å². The molecule has 3 saturated heterocycles. The summed E-state index contributed by atoms with van der Waals surface area (Å²) < 4.78 is 0. The Balaban J connectivity index is 1.29. The molecule has 0 spiro atoms. The highest BCUT2D eigenvalue weighted by Crippen LogP contribution is 2.41. The summed E-state index contributed by atoms with van der Waals surface area (Å²) in [5.74, 6) is 1.19. The third-order valence-corrected chi connectivity index (χ3v) is 8.20. The number of benzene rings is 1. The molecule has 0 unspecified atom stereocenters. The van der Waals surface area contributed by atoms with Crippen LogP contribution in [0.5, 0.6) is 0 Å². The average molecular weight is 397 g/mol. The minimum atomic E-state index is -1.08. The molecule has 158 valence electrons. The predicted molar refractivity (Wildman–Crippen MR) is 114 cm³/mol. The van der Waals surface area contributed by atoms with Crippen LogP contribution in [0.4, 0.5) is 0 Å². The minimum absolute atomic E-state index is 0.0389. The molecule has 3 heterocycles. The lowest BCUT2D eigenvalue weighted by Crippen LogP contribution is -2.64. The van der Waals surface area contributed by atoms with Crippen molar-refractivity contribution in [1.82, 2.24) is 9.80 Å². The van der Waals surface area contributed by atoms with Gasteiger partial charge in [0.15, 0.2) is 0 Å². The fraction of sp³-hybridized carbons (Fsp3) is 0.720. The molecule has 1 aromatic rings. The van der Waals surface area contributed by atoms with Crippen molar-refractivity contribution in [3.63, 3.8) is 0 Å². The second-order valence-electron chi connectivity index (χ2n) is 10.2. The van der Waals surface area contributed by atoms with E-state index in [4.69, 9.17) is 0 Å². The maximum absolute atomic E-state index is 13.2. The molecule has 4 aliphatic rings. The van der Waals surface area contributed by atoms with Gasteiger partial charge in [0.05, 0.1) is 0 Å². The van der Waals surface area contributed by atoms with Crippen LogP contribution in [0.2, 0.25) is 0 Å². The van der Waals surface area contributed by atoms with Gasteiger partial charge in [-0.3, -0.25) is 9.69 Å². The number of carbonyl (C=O) groups excluding carboxylic acids is 1. The second-order valence-corrected chi connectivity index (χ2v) is 10.2. The summed E-state index contributed by atoms with van der Waals surface area (Å²) in [4.78, 5) is 18.1. The highest BCUT2D eigenvalue weighted by molar-refractivity contribution is 5.85. The quantitative estimate of drug-likeness (QED) is 0.849. The molecule has 1 aromatic carbocycles. The number of rotatable bonds is 3. The summed E-state index contributed by atoms with van der Waals surface area (Å²) in [6.07, 6.45) is 10.7. The number of amides is 1. The first kappa shape index (κ1) is 19.6. The Kier molecular flexibility index (Phi) is 5.42. The zero-order valence-corrected chi connectivity index (χ0v) is 17.6. The molecule has 4 heteroatoms. The molecule has 1 aliphatic carbocycles. The molecule has 0 radical (unpaired) electrons. The highest BCUT2D eigenvalue weighted by Gasteiger charge is 2.48. The zero-order valence-electron chi connectivity index (χ0n) is 17.6. The van der Waals surface area contributed by atoms with Crippen molar-refractivity contribution < 1.29 is 9.90 Å². The molecular weight excluding hydrogens is 360 g/mol. The first-order chi connectivity index (χ1) is 14.1. The summed E-state index contributed by atoms with van der Waals surface area (Å²) in [5.41, 5.74) is 0.372. The van der Waals surface area contributed by atoms with E-state index >= 15 is 0 Å². The van der Waals surface area contributed by atoms with Gasteiger partial charge in [-0.05, 0) is 55.9 Å². The van der Waals surface area contributed by atoms with Crippen LogP contribution < -0.4 is 0 Å². The van der Waals surface area contributed by atoms with Gasteiger partial charge in [0.2, 0.25) is 0 Å². The number of likely N-dealkylation sites (tertiary alicyclic amines) is 1. The number of piperidine rings is 3. The van der Waals surface area contributed by atoms with Gasteiger partial charge in [0, 0.05) is 31.7 Å². The standard InChI is InChI=1S/C25H36N2O2/c28-24(25(29)12-5-2-6-13-25)26-16-20-14-21(18-26)23-11-7-10-22(27(23)17-20)15-19-8-3-1-4-9-19/h1,3-4,8-9,20-23,29H,2,5-7,10-18H2/t20-,21+,22+,23-/m0/s1. The van der Waals surface area contributed by atoms with E-state index in [-0.39, 0.29) is 5.91 Å². The minimum Gasteiger partial charge on any atom is -0.380 e. The van der Waals surface area contributed by atoms with Gasteiger partial charge in [-0.2, -0.15) is 0 Å². The Labute approximate surface area is 175 Å². The second kappa shape index (κ2) is 8.03. The largest absolute Gasteiger partial charge is 0.380 e. The van der Waals surface area contributed by atoms with Gasteiger partial charge >= 0.3 is 0 Å². The number of carbonyl (C=O) groups is 1. The lowest BCUT2D eigenvalue weighted by molar-refractivity contribution is -0.161. The van der Waals surface area contributed by atoms with Crippen LogP contribution >= 0.6 is 0 Å². The van der Waals surface area contributed by atoms with Crippen LogP contribution in [-0.4, -0.2) is 58.1 Å². The number of nitrogens with zero attached hydrogens (tertiary/aromatic N) is 2. The van der Waals surface area contributed by atoms with E-state index < -0.39 is 5.60 Å². The van der Waals surface area contributed by atoms with E-state index in [0.29, 0.717) is 36.8 Å². The van der Waals surface area contributed by atoms with E-state index in [1.807, 2.05) is 0 Å². The molecule has 3 aliphatic heterocycles. The van der Waals surface area contributed by atoms with Crippen molar-refractivity contribution in [3.05, 3.63) is 35.9 Å². The fourth-order valence-electron chi connectivity index (χ4n) is 6.83. The van der Waals surface area contributed by atoms with Crippen molar-refractivity contribution in [3.8, 4) is 0 Å². The topological polar surface area (TPSA) is 43.8 Å². The SMILES string of the molecule is O=C(N1C[C@@H]2C[C@H](C1)[C@@H]1CCC[C@H](Cc3ccccc3)N1C2)C1(O)CCCCC1. The van der Waals surface area contributed by atoms with Gasteiger partial charge in [-0.1, -0.05) is 56.0 Å². The predicted octanol–water partition coefficient (Wildman–Crippen LogP) is 3.63. The first-order valence-corrected chi connectivity index (χ1v) is 11.9. The molecule has 1 saturated carbocycles. The number of aliphatic hydroxyl groups is 1. The monoisotopic (exact) mass is 396 g/mol. The molecule has 0 aromatic heterocycles. The van der Waals surface area contributed by atoms with Gasteiger partial charge in [0.25, 0.3) is 5.91 Å². The van der Waals surface area contributed by atoms with Gasteiger partial charge < -0.3 is 10.0 Å². The summed E-state index contributed by atoms with van der Waals surface area (Å²) in [6, 6.07) is 12.2. The Morgan fingerprint density at radius 3 is 2.59 bits per heavy atom. The molecule has 29 heavy (non-hydrogen) atoms. The van der Waals surface area contributed by atoms with Crippen LogP contribution in [0.25, 0.3) is 0 Å². The van der Waals surface area contributed by atoms with Crippen LogP contribution in [0.3, 0.4) is 0 Å². The van der Waals surface area contributed by atoms with Crippen LogP contribution in [0.1, 0.15) is 63.4 Å². The molecule has 4 nitrogen and oxygen atoms in total.